The molecule has 2 aromatic rings. The Morgan fingerprint density at radius 2 is 2.26 bits per heavy atom. The van der Waals surface area contributed by atoms with Crippen molar-refractivity contribution in [3.05, 3.63) is 34.9 Å². The first kappa shape index (κ1) is 17.0. The molecule has 1 saturated carbocycles. The van der Waals surface area contributed by atoms with Crippen molar-refractivity contribution in [2.45, 2.75) is 37.0 Å². The Balaban J connectivity index is 1.58. The maximum absolute atomic E-state index is 14.5. The van der Waals surface area contributed by atoms with Gasteiger partial charge in [0.2, 0.25) is 5.91 Å². The first-order chi connectivity index (χ1) is 13.0. The largest absolute Gasteiger partial charge is 0.374 e. The number of rotatable bonds is 5. The number of carbonyl (C=O) groups is 1. The van der Waals surface area contributed by atoms with Gasteiger partial charge in [-0.1, -0.05) is 11.6 Å². The monoisotopic (exact) mass is 392 g/mol. The van der Waals surface area contributed by atoms with Crippen molar-refractivity contribution < 1.29 is 13.9 Å². The Morgan fingerprint density at radius 3 is 3.00 bits per heavy atom. The third-order valence-electron chi connectivity index (χ3n) is 6.14. The second kappa shape index (κ2) is 5.95. The number of hydrogen-bond donors (Lipinski definition) is 2. The molecule has 1 unspecified atom stereocenters. The molecule has 2 aliphatic heterocycles. The zero-order chi connectivity index (χ0) is 18.8. The van der Waals surface area contributed by atoms with Crippen LogP contribution in [-0.2, 0) is 15.1 Å². The number of ether oxygens (including phenoxy) is 1. The van der Waals surface area contributed by atoms with E-state index in [1.165, 1.54) is 16.8 Å². The molecule has 0 radical (unpaired) electrons. The van der Waals surface area contributed by atoms with Crippen molar-refractivity contribution in [3.63, 3.8) is 0 Å². The Kier molecular flexibility index (Phi) is 3.75. The molecule has 3 heterocycles. The second-order valence-corrected chi connectivity index (χ2v) is 7.92. The molecule has 2 bridgehead atoms. The van der Waals surface area contributed by atoms with Crippen molar-refractivity contribution in [1.29, 1.82) is 0 Å². The highest BCUT2D eigenvalue weighted by molar-refractivity contribution is 6.30. The first-order valence-corrected chi connectivity index (χ1v) is 9.30. The van der Waals surface area contributed by atoms with Crippen molar-refractivity contribution in [2.24, 2.45) is 17.6 Å². The van der Waals surface area contributed by atoms with Gasteiger partial charge in [0.05, 0.1) is 24.3 Å². The number of hydrogen-bond acceptors (Lipinski definition) is 6. The summed E-state index contributed by atoms with van der Waals surface area (Å²) in [6, 6.07) is 4.34. The van der Waals surface area contributed by atoms with Crippen molar-refractivity contribution in [1.82, 2.24) is 25.5 Å². The fourth-order valence-corrected chi connectivity index (χ4v) is 5.26. The van der Waals surface area contributed by atoms with E-state index in [-0.39, 0.29) is 35.4 Å². The highest BCUT2D eigenvalue weighted by atomic mass is 35.5. The average molecular weight is 393 g/mol. The van der Waals surface area contributed by atoms with E-state index in [1.54, 1.807) is 6.07 Å². The van der Waals surface area contributed by atoms with E-state index in [9.17, 15) is 9.18 Å². The molecule has 27 heavy (non-hydrogen) atoms. The van der Waals surface area contributed by atoms with Gasteiger partial charge < -0.3 is 10.5 Å². The molecule has 3 N–H and O–H groups in total. The minimum atomic E-state index is -0.685. The fraction of sp³-hybridized carbons (Fsp3) is 0.529. The molecule has 0 spiro atoms. The van der Waals surface area contributed by atoms with E-state index in [0.717, 1.165) is 12.8 Å². The van der Waals surface area contributed by atoms with Gasteiger partial charge in [-0.25, -0.2) is 4.39 Å². The molecule has 3 fully saturated rings. The van der Waals surface area contributed by atoms with Crippen LogP contribution in [0, 0.1) is 17.7 Å². The summed E-state index contributed by atoms with van der Waals surface area (Å²) in [5.74, 6) is -0.0396. The van der Waals surface area contributed by atoms with E-state index in [0.29, 0.717) is 18.2 Å². The van der Waals surface area contributed by atoms with Gasteiger partial charge in [-0.3, -0.25) is 10.1 Å². The van der Waals surface area contributed by atoms with Crippen molar-refractivity contribution in [2.75, 3.05) is 6.54 Å². The van der Waals surface area contributed by atoms with Crippen LogP contribution in [0.25, 0.3) is 5.69 Å². The Hall–Kier alpha value is -2.10. The Morgan fingerprint density at radius 1 is 1.44 bits per heavy atom. The van der Waals surface area contributed by atoms with Gasteiger partial charge in [0, 0.05) is 10.9 Å². The molecule has 8 nitrogen and oxygen atoms in total. The SMILES string of the molecule is NC(=O)CNC1(c2nnnn2-c2ccc(Cl)cc2F)C[C@@H]2[C@H]1[C@H]1CC[C@@H]2O1. The molecule has 10 heteroatoms. The minimum Gasteiger partial charge on any atom is -0.374 e. The van der Waals surface area contributed by atoms with Crippen molar-refractivity contribution >= 4 is 17.5 Å². The van der Waals surface area contributed by atoms with Crippen LogP contribution in [0.15, 0.2) is 18.2 Å². The van der Waals surface area contributed by atoms with Gasteiger partial charge in [-0.05, 0) is 53.8 Å². The molecule has 2 saturated heterocycles. The molecule has 1 aromatic carbocycles. The zero-order valence-electron chi connectivity index (χ0n) is 14.3. The van der Waals surface area contributed by atoms with Gasteiger partial charge in [0.25, 0.3) is 0 Å². The molecular formula is C17H18ClFN6O2. The van der Waals surface area contributed by atoms with E-state index in [1.807, 2.05) is 0 Å². The molecule has 1 amide bonds. The van der Waals surface area contributed by atoms with Crippen LogP contribution in [0.4, 0.5) is 4.39 Å². The summed E-state index contributed by atoms with van der Waals surface area (Å²) in [6.45, 7) is -0.0173. The van der Waals surface area contributed by atoms with Crippen molar-refractivity contribution in [3.8, 4) is 5.69 Å². The van der Waals surface area contributed by atoms with Crippen LogP contribution in [0.5, 0.6) is 0 Å². The number of nitrogens with zero attached hydrogens (tertiary/aromatic N) is 4. The zero-order valence-corrected chi connectivity index (χ0v) is 15.1. The van der Waals surface area contributed by atoms with E-state index in [4.69, 9.17) is 22.1 Å². The first-order valence-electron chi connectivity index (χ1n) is 8.93. The lowest BCUT2D eigenvalue weighted by atomic mass is 9.53. The van der Waals surface area contributed by atoms with Gasteiger partial charge >= 0.3 is 0 Å². The average Bonchev–Trinajstić information content (AvgIpc) is 3.30. The predicted octanol–water partition coefficient (Wildman–Crippen LogP) is 0.922. The molecule has 5 atom stereocenters. The Bertz CT molecular complexity index is 921. The molecule has 3 aliphatic rings. The van der Waals surface area contributed by atoms with Crippen LogP contribution in [0.1, 0.15) is 25.1 Å². The molecule has 5 rings (SSSR count). The number of carbonyl (C=O) groups excluding carboxylic acids is 1. The van der Waals surface area contributed by atoms with Crippen LogP contribution < -0.4 is 11.1 Å². The summed E-state index contributed by atoms with van der Waals surface area (Å²) in [5, 5.41) is 15.5. The second-order valence-electron chi connectivity index (χ2n) is 7.49. The Labute approximate surface area is 159 Å². The quantitative estimate of drug-likeness (QED) is 0.783. The highest BCUT2D eigenvalue weighted by Gasteiger charge is 2.68. The number of benzene rings is 1. The van der Waals surface area contributed by atoms with E-state index in [2.05, 4.69) is 20.8 Å². The standard InChI is InChI=1S/C17H18ClFN6O2/c18-8-1-2-11(10(19)5-8)25-16(22-23-24-25)17(21-7-14(20)26)6-9-12-3-4-13(27-12)15(9)17/h1-2,5,9,12-13,15,21H,3-4,6-7H2,(H2,20,26)/t9-,12-,13+,15-,17?/m0/s1. The molecular weight excluding hydrogens is 375 g/mol. The third-order valence-corrected chi connectivity index (χ3v) is 6.37. The lowest BCUT2D eigenvalue weighted by molar-refractivity contribution is -0.118. The lowest BCUT2D eigenvalue weighted by Gasteiger charge is -2.54. The molecule has 142 valence electrons. The number of nitrogens with one attached hydrogen (secondary N) is 1. The smallest absolute Gasteiger partial charge is 0.231 e. The molecule has 1 aliphatic carbocycles. The van der Waals surface area contributed by atoms with Gasteiger partial charge in [0.1, 0.15) is 11.5 Å². The summed E-state index contributed by atoms with van der Waals surface area (Å²) < 4.78 is 22.0. The summed E-state index contributed by atoms with van der Waals surface area (Å²) >= 11 is 5.87. The topological polar surface area (TPSA) is 108 Å². The number of nitrogens with two attached hydrogens (primary N) is 1. The summed E-state index contributed by atoms with van der Waals surface area (Å²) in [4.78, 5) is 11.4. The third kappa shape index (κ3) is 2.41. The number of aromatic nitrogens is 4. The fourth-order valence-electron chi connectivity index (χ4n) is 5.10. The van der Waals surface area contributed by atoms with E-state index < -0.39 is 17.3 Å². The lowest BCUT2D eigenvalue weighted by Crippen LogP contribution is -2.65. The maximum atomic E-state index is 14.5. The van der Waals surface area contributed by atoms with Gasteiger partial charge in [-0.2, -0.15) is 4.68 Å². The number of halogens is 2. The van der Waals surface area contributed by atoms with Gasteiger partial charge in [0.15, 0.2) is 5.82 Å². The number of primary amides is 1. The summed E-state index contributed by atoms with van der Waals surface area (Å²) in [5.41, 5.74) is 4.88. The van der Waals surface area contributed by atoms with Crippen LogP contribution in [0.3, 0.4) is 0 Å². The highest BCUT2D eigenvalue weighted by Crippen LogP contribution is 2.62. The number of fused-ring (bicyclic) bond motifs is 5. The van der Waals surface area contributed by atoms with Crippen LogP contribution >= 0.6 is 11.6 Å². The van der Waals surface area contributed by atoms with Crippen LogP contribution in [0.2, 0.25) is 5.02 Å². The maximum Gasteiger partial charge on any atom is 0.231 e. The normalized spacial score (nSPS) is 33.7. The van der Waals surface area contributed by atoms with E-state index >= 15 is 0 Å². The number of tetrazole rings is 1. The molecule has 1 aromatic heterocycles. The summed E-state index contributed by atoms with van der Waals surface area (Å²) in [7, 11) is 0. The number of amides is 1. The van der Waals surface area contributed by atoms with Crippen LogP contribution in [-0.4, -0.2) is 44.9 Å². The summed E-state index contributed by atoms with van der Waals surface area (Å²) in [6.07, 6.45) is 3.04. The predicted molar refractivity (Wildman–Crippen MR) is 92.5 cm³/mol. The van der Waals surface area contributed by atoms with Gasteiger partial charge in [-0.15, -0.1) is 5.10 Å². The minimum absolute atomic E-state index is 0.0173.